The topological polar surface area (TPSA) is 9.23 Å². The van der Waals surface area contributed by atoms with Gasteiger partial charge in [-0.25, -0.2) is 0 Å². The van der Waals surface area contributed by atoms with E-state index in [4.69, 9.17) is 16.3 Å². The summed E-state index contributed by atoms with van der Waals surface area (Å²) in [4.78, 5) is 0. The van der Waals surface area contributed by atoms with Gasteiger partial charge in [0.1, 0.15) is 0 Å². The molecule has 3 aliphatic rings. The molecule has 2 unspecified atom stereocenters. The number of alkyl halides is 1. The second-order valence-corrected chi connectivity index (χ2v) is 7.02. The summed E-state index contributed by atoms with van der Waals surface area (Å²) >= 11 is 6.22. The Morgan fingerprint density at radius 1 is 1.11 bits per heavy atom. The Balaban J connectivity index is 1.55. The Morgan fingerprint density at radius 3 is 2.72 bits per heavy atom. The molecule has 2 aliphatic carbocycles. The van der Waals surface area contributed by atoms with E-state index in [1.807, 2.05) is 0 Å². The molecule has 1 saturated heterocycles. The highest BCUT2D eigenvalue weighted by molar-refractivity contribution is 6.21. The average molecular weight is 269 g/mol. The molecule has 3 rings (SSSR count). The highest BCUT2D eigenvalue weighted by atomic mass is 35.5. The van der Waals surface area contributed by atoms with Gasteiger partial charge in [0.15, 0.2) is 0 Å². The Hall–Kier alpha value is -0.0100. The van der Waals surface area contributed by atoms with Gasteiger partial charge >= 0.3 is 0 Å². The zero-order valence-corrected chi connectivity index (χ0v) is 12.1. The standard InChI is InChI=1S/C16H25ClO/c17-14-6-4-5-13(11-14)12-15-7-10-16(18-15)8-2-1-3-9-16/h11,14-15H,1-10,12H2. The second-order valence-electron chi connectivity index (χ2n) is 6.46. The first kappa shape index (κ1) is 13.0. The monoisotopic (exact) mass is 268 g/mol. The molecular formula is C16H25ClO. The number of allylic oxidation sites excluding steroid dienone is 1. The van der Waals surface area contributed by atoms with Crippen molar-refractivity contribution in [2.45, 2.75) is 87.7 Å². The third-order valence-electron chi connectivity index (χ3n) is 4.99. The molecule has 2 heteroatoms. The predicted octanol–water partition coefficient (Wildman–Crippen LogP) is 4.98. The van der Waals surface area contributed by atoms with E-state index in [2.05, 4.69) is 6.08 Å². The fourth-order valence-electron chi connectivity index (χ4n) is 4.01. The van der Waals surface area contributed by atoms with Crippen molar-refractivity contribution < 1.29 is 4.74 Å². The van der Waals surface area contributed by atoms with Crippen LogP contribution in [0.5, 0.6) is 0 Å². The van der Waals surface area contributed by atoms with Crippen LogP contribution in [0.2, 0.25) is 0 Å². The Morgan fingerprint density at radius 2 is 1.94 bits per heavy atom. The Labute approximate surface area is 116 Å². The van der Waals surface area contributed by atoms with Gasteiger partial charge in [-0.15, -0.1) is 11.6 Å². The predicted molar refractivity (Wildman–Crippen MR) is 76.1 cm³/mol. The van der Waals surface area contributed by atoms with E-state index >= 15 is 0 Å². The van der Waals surface area contributed by atoms with Crippen LogP contribution in [0.3, 0.4) is 0 Å². The molecule has 0 aromatic heterocycles. The minimum Gasteiger partial charge on any atom is -0.371 e. The quantitative estimate of drug-likeness (QED) is 0.507. The molecular weight excluding hydrogens is 244 g/mol. The average Bonchev–Trinajstić information content (AvgIpc) is 2.73. The van der Waals surface area contributed by atoms with Crippen LogP contribution in [-0.2, 0) is 4.74 Å². The minimum absolute atomic E-state index is 0.276. The highest BCUT2D eigenvalue weighted by Gasteiger charge is 2.40. The highest BCUT2D eigenvalue weighted by Crippen LogP contribution is 2.43. The summed E-state index contributed by atoms with van der Waals surface area (Å²) in [6, 6.07) is 0. The summed E-state index contributed by atoms with van der Waals surface area (Å²) in [7, 11) is 0. The van der Waals surface area contributed by atoms with Crippen LogP contribution in [0.4, 0.5) is 0 Å². The van der Waals surface area contributed by atoms with Gasteiger partial charge in [-0.1, -0.05) is 30.9 Å². The van der Waals surface area contributed by atoms with Crippen LogP contribution in [0.25, 0.3) is 0 Å². The summed E-state index contributed by atoms with van der Waals surface area (Å²) in [5.41, 5.74) is 1.83. The molecule has 0 radical (unpaired) electrons. The molecule has 2 fully saturated rings. The molecule has 18 heavy (non-hydrogen) atoms. The summed E-state index contributed by atoms with van der Waals surface area (Å²) in [5.74, 6) is 0. The molecule has 0 amide bonds. The summed E-state index contributed by atoms with van der Waals surface area (Å²) < 4.78 is 6.44. The van der Waals surface area contributed by atoms with Gasteiger partial charge in [0.25, 0.3) is 0 Å². The zero-order valence-electron chi connectivity index (χ0n) is 11.3. The molecule has 1 heterocycles. The maximum Gasteiger partial charge on any atom is 0.0687 e. The van der Waals surface area contributed by atoms with Crippen LogP contribution < -0.4 is 0 Å². The molecule has 1 saturated carbocycles. The maximum absolute atomic E-state index is 6.44. The number of rotatable bonds is 2. The smallest absolute Gasteiger partial charge is 0.0687 e. The van der Waals surface area contributed by atoms with Crippen LogP contribution >= 0.6 is 11.6 Å². The molecule has 0 N–H and O–H groups in total. The minimum atomic E-state index is 0.276. The number of halogens is 1. The van der Waals surface area contributed by atoms with Crippen LogP contribution in [0, 0.1) is 0 Å². The van der Waals surface area contributed by atoms with Crippen LogP contribution in [0.1, 0.15) is 70.6 Å². The van der Waals surface area contributed by atoms with E-state index in [9.17, 15) is 0 Å². The molecule has 0 aromatic carbocycles. The van der Waals surface area contributed by atoms with Gasteiger partial charge in [-0.2, -0.15) is 0 Å². The van der Waals surface area contributed by atoms with Crippen molar-refractivity contribution in [2.24, 2.45) is 0 Å². The first-order valence-electron chi connectivity index (χ1n) is 7.77. The molecule has 102 valence electrons. The lowest BCUT2D eigenvalue weighted by Gasteiger charge is -2.33. The van der Waals surface area contributed by atoms with Gasteiger partial charge in [-0.05, 0) is 51.4 Å². The van der Waals surface area contributed by atoms with Crippen molar-refractivity contribution in [1.82, 2.24) is 0 Å². The third kappa shape index (κ3) is 2.93. The van der Waals surface area contributed by atoms with Crippen molar-refractivity contribution in [3.05, 3.63) is 11.6 Å². The molecule has 1 nitrogen and oxygen atoms in total. The zero-order chi connectivity index (χ0) is 12.4. The largest absolute Gasteiger partial charge is 0.371 e. The van der Waals surface area contributed by atoms with Gasteiger partial charge in [0.2, 0.25) is 0 Å². The maximum atomic E-state index is 6.44. The van der Waals surface area contributed by atoms with Gasteiger partial charge in [0, 0.05) is 0 Å². The van der Waals surface area contributed by atoms with Crippen molar-refractivity contribution in [2.75, 3.05) is 0 Å². The van der Waals surface area contributed by atoms with Crippen molar-refractivity contribution in [3.63, 3.8) is 0 Å². The van der Waals surface area contributed by atoms with E-state index in [0.717, 1.165) is 12.8 Å². The first-order valence-corrected chi connectivity index (χ1v) is 8.21. The lowest BCUT2D eigenvalue weighted by Crippen LogP contribution is -2.31. The lowest BCUT2D eigenvalue weighted by atomic mass is 9.83. The fraction of sp³-hybridized carbons (Fsp3) is 0.875. The summed E-state index contributed by atoms with van der Waals surface area (Å²) in [6.45, 7) is 0. The molecule has 1 spiro atoms. The van der Waals surface area contributed by atoms with E-state index < -0.39 is 0 Å². The molecule has 0 bridgehead atoms. The van der Waals surface area contributed by atoms with Crippen molar-refractivity contribution in [3.8, 4) is 0 Å². The third-order valence-corrected chi connectivity index (χ3v) is 5.33. The Bertz CT molecular complexity index is 317. The van der Waals surface area contributed by atoms with Gasteiger partial charge in [0.05, 0.1) is 17.1 Å². The second kappa shape index (κ2) is 5.54. The SMILES string of the molecule is ClC1C=C(CC2CCC3(CCCCC3)O2)CCC1. The van der Waals surface area contributed by atoms with E-state index in [1.165, 1.54) is 57.8 Å². The van der Waals surface area contributed by atoms with E-state index in [1.54, 1.807) is 5.57 Å². The Kier molecular flexibility index (Phi) is 4.00. The lowest BCUT2D eigenvalue weighted by molar-refractivity contribution is -0.0630. The fourth-order valence-corrected chi connectivity index (χ4v) is 4.34. The van der Waals surface area contributed by atoms with Crippen LogP contribution in [0.15, 0.2) is 11.6 Å². The number of hydrogen-bond donors (Lipinski definition) is 0. The normalized spacial score (nSPS) is 35.7. The summed E-state index contributed by atoms with van der Waals surface area (Å²) in [5, 5.41) is 0.277. The molecule has 0 aromatic rings. The summed E-state index contributed by atoms with van der Waals surface area (Å²) in [6.07, 6.45) is 16.9. The van der Waals surface area contributed by atoms with Crippen LogP contribution in [-0.4, -0.2) is 17.1 Å². The number of ether oxygens (including phenoxy) is 1. The van der Waals surface area contributed by atoms with Crippen molar-refractivity contribution >= 4 is 11.6 Å². The number of hydrogen-bond acceptors (Lipinski definition) is 1. The van der Waals surface area contributed by atoms with Gasteiger partial charge < -0.3 is 4.74 Å². The van der Waals surface area contributed by atoms with Crippen molar-refractivity contribution in [1.29, 1.82) is 0 Å². The molecule has 2 atom stereocenters. The van der Waals surface area contributed by atoms with Gasteiger partial charge in [-0.3, -0.25) is 0 Å². The molecule has 1 aliphatic heterocycles. The van der Waals surface area contributed by atoms with E-state index in [-0.39, 0.29) is 11.0 Å². The first-order chi connectivity index (χ1) is 8.76. The van der Waals surface area contributed by atoms with E-state index in [0.29, 0.717) is 6.10 Å².